The number of benzene rings is 1. The number of carbonyl (C=O) groups excluding carboxylic acids is 1. The Morgan fingerprint density at radius 3 is 2.60 bits per heavy atom. The molecule has 0 aliphatic carbocycles. The van der Waals surface area contributed by atoms with Gasteiger partial charge in [-0.1, -0.05) is 30.3 Å². The van der Waals surface area contributed by atoms with Gasteiger partial charge in [0.05, 0.1) is 22.8 Å². The fourth-order valence-electron chi connectivity index (χ4n) is 2.80. The molecular formula is C22H13N2NaO4S. The topological polar surface area (TPSA) is 99.2 Å². The first-order chi connectivity index (χ1) is 14.2. The Bertz CT molecular complexity index is 1180. The second-order valence-electron chi connectivity index (χ2n) is 6.07. The van der Waals surface area contributed by atoms with Crippen LogP contribution in [0.2, 0.25) is 0 Å². The zero-order valence-electron chi connectivity index (χ0n) is 16.0. The molecule has 0 fully saturated rings. The number of nitriles is 1. The van der Waals surface area contributed by atoms with E-state index in [-0.39, 0.29) is 53.2 Å². The van der Waals surface area contributed by atoms with Crippen LogP contribution in [0.5, 0.6) is 5.88 Å². The van der Waals surface area contributed by atoms with E-state index in [1.165, 1.54) is 23.5 Å². The summed E-state index contributed by atoms with van der Waals surface area (Å²) in [6.07, 6.45) is 1.54. The molecule has 0 aliphatic rings. The maximum atomic E-state index is 10.9. The number of aromatic nitrogens is 1. The molecular weight excluding hydrogens is 411 g/mol. The first kappa shape index (κ1) is 21.8. The third kappa shape index (κ3) is 4.64. The van der Waals surface area contributed by atoms with Crippen LogP contribution < -0.4 is 39.4 Å². The predicted molar refractivity (Wildman–Crippen MR) is 105 cm³/mol. The third-order valence-electron chi connectivity index (χ3n) is 4.22. The van der Waals surface area contributed by atoms with Gasteiger partial charge in [0.2, 0.25) is 5.88 Å². The molecule has 0 bridgehead atoms. The molecule has 3 aromatic heterocycles. The van der Waals surface area contributed by atoms with Crippen LogP contribution in [-0.4, -0.2) is 11.0 Å². The Morgan fingerprint density at radius 2 is 2.00 bits per heavy atom. The molecule has 1 aromatic carbocycles. The summed E-state index contributed by atoms with van der Waals surface area (Å²) in [5, 5.41) is 22.6. The molecule has 4 rings (SSSR count). The molecule has 6 nitrogen and oxygen atoms in total. The number of ether oxygens (including phenoxy) is 1. The minimum atomic E-state index is -1.24. The third-order valence-corrected chi connectivity index (χ3v) is 5.12. The fraction of sp³-hybridized carbons (Fsp3) is 0.0455. The van der Waals surface area contributed by atoms with Crippen molar-refractivity contribution in [3.05, 3.63) is 82.9 Å². The maximum Gasteiger partial charge on any atom is 1.00 e. The molecule has 0 aliphatic heterocycles. The number of hydrogen-bond donors (Lipinski definition) is 0. The van der Waals surface area contributed by atoms with E-state index in [4.69, 9.17) is 9.15 Å². The van der Waals surface area contributed by atoms with Crippen molar-refractivity contribution >= 4 is 17.3 Å². The minimum Gasteiger partial charge on any atom is -0.545 e. The predicted octanol–water partition coefficient (Wildman–Crippen LogP) is 0.888. The van der Waals surface area contributed by atoms with Crippen molar-refractivity contribution < 1.29 is 48.6 Å². The van der Waals surface area contributed by atoms with Crippen molar-refractivity contribution in [2.24, 2.45) is 0 Å². The van der Waals surface area contributed by atoms with Crippen molar-refractivity contribution in [2.45, 2.75) is 6.61 Å². The van der Waals surface area contributed by atoms with Gasteiger partial charge in [-0.25, -0.2) is 4.98 Å². The first-order valence-corrected chi connectivity index (χ1v) is 9.49. The van der Waals surface area contributed by atoms with Gasteiger partial charge in [-0.15, -0.1) is 11.3 Å². The van der Waals surface area contributed by atoms with Gasteiger partial charge in [0.1, 0.15) is 24.0 Å². The van der Waals surface area contributed by atoms with E-state index in [0.717, 1.165) is 10.4 Å². The van der Waals surface area contributed by atoms with Crippen LogP contribution in [0.25, 0.3) is 21.9 Å². The van der Waals surface area contributed by atoms with E-state index in [9.17, 15) is 15.2 Å². The van der Waals surface area contributed by atoms with Gasteiger partial charge in [-0.2, -0.15) is 5.26 Å². The molecule has 0 unspecified atom stereocenters. The average Bonchev–Trinajstić information content (AvgIpc) is 3.46. The molecule has 0 atom stereocenters. The Labute approximate surface area is 198 Å². The van der Waals surface area contributed by atoms with Crippen molar-refractivity contribution in [2.75, 3.05) is 0 Å². The van der Waals surface area contributed by atoms with Gasteiger partial charge in [0.15, 0.2) is 0 Å². The minimum absolute atomic E-state index is 0. The molecule has 0 amide bonds. The van der Waals surface area contributed by atoms with Crippen molar-refractivity contribution in [3.63, 3.8) is 0 Å². The zero-order chi connectivity index (χ0) is 20.2. The van der Waals surface area contributed by atoms with Gasteiger partial charge in [0.25, 0.3) is 0 Å². The molecule has 0 radical (unpaired) electrons. The van der Waals surface area contributed by atoms with E-state index in [1.807, 2.05) is 23.6 Å². The van der Waals surface area contributed by atoms with E-state index in [0.29, 0.717) is 17.0 Å². The molecule has 0 N–H and O–H groups in total. The van der Waals surface area contributed by atoms with Crippen molar-refractivity contribution in [1.82, 2.24) is 4.98 Å². The Morgan fingerprint density at radius 1 is 1.20 bits per heavy atom. The summed E-state index contributed by atoms with van der Waals surface area (Å²) < 4.78 is 11.4. The van der Waals surface area contributed by atoms with Gasteiger partial charge >= 0.3 is 29.6 Å². The number of carbonyl (C=O) groups is 1. The van der Waals surface area contributed by atoms with Crippen LogP contribution in [0.15, 0.2) is 70.7 Å². The number of pyridine rings is 1. The summed E-state index contributed by atoms with van der Waals surface area (Å²) in [6, 6.07) is 17.5. The first-order valence-electron chi connectivity index (χ1n) is 8.61. The monoisotopic (exact) mass is 424 g/mol. The van der Waals surface area contributed by atoms with Gasteiger partial charge < -0.3 is 19.1 Å². The van der Waals surface area contributed by atoms with Gasteiger partial charge in [0, 0.05) is 5.56 Å². The van der Waals surface area contributed by atoms with Crippen LogP contribution in [-0.2, 0) is 6.61 Å². The van der Waals surface area contributed by atoms with Crippen molar-refractivity contribution in [1.29, 1.82) is 5.26 Å². The number of carboxylic acids is 1. The Hall–Kier alpha value is -2.89. The Kier molecular flexibility index (Phi) is 7.08. The second kappa shape index (κ2) is 9.74. The summed E-state index contributed by atoms with van der Waals surface area (Å²) in [7, 11) is 0. The molecule has 0 saturated carbocycles. The zero-order valence-corrected chi connectivity index (χ0v) is 18.8. The van der Waals surface area contributed by atoms with Crippen LogP contribution in [0, 0.1) is 11.3 Å². The number of hydrogen-bond acceptors (Lipinski definition) is 7. The summed E-state index contributed by atoms with van der Waals surface area (Å²) >= 11 is 1.53. The smallest absolute Gasteiger partial charge is 0.545 e. The van der Waals surface area contributed by atoms with E-state index >= 15 is 0 Å². The summed E-state index contributed by atoms with van der Waals surface area (Å²) in [5.41, 5.74) is 2.36. The summed E-state index contributed by atoms with van der Waals surface area (Å²) in [6.45, 7) is 0.125. The number of furan rings is 1. The second-order valence-corrected chi connectivity index (χ2v) is 7.02. The fourth-order valence-corrected chi connectivity index (χ4v) is 3.49. The van der Waals surface area contributed by atoms with Crippen molar-refractivity contribution in [3.8, 4) is 33.8 Å². The number of rotatable bonds is 6. The van der Waals surface area contributed by atoms with Crippen LogP contribution >= 0.6 is 11.3 Å². The van der Waals surface area contributed by atoms with Crippen LogP contribution in [0.1, 0.15) is 21.5 Å². The van der Waals surface area contributed by atoms with Crippen LogP contribution in [0.3, 0.4) is 0 Å². The maximum absolute atomic E-state index is 10.9. The molecule has 0 saturated heterocycles. The van der Waals surface area contributed by atoms with E-state index in [2.05, 4.69) is 11.1 Å². The van der Waals surface area contributed by atoms with Gasteiger partial charge in [-0.3, -0.25) is 0 Å². The number of carboxylic acid groups (broad SMARTS) is 1. The average molecular weight is 424 g/mol. The van der Waals surface area contributed by atoms with E-state index in [1.54, 1.807) is 30.5 Å². The molecule has 3 heterocycles. The van der Waals surface area contributed by atoms with Gasteiger partial charge in [-0.05, 0) is 40.8 Å². The normalized spacial score (nSPS) is 10.1. The molecule has 4 aromatic rings. The Balaban J connectivity index is 0.00000256. The standard InChI is InChI=1S/C22H14N2O4S.Na/c23-12-17-16(19-3-1-9-27-19)11-18(20-4-2-10-29-20)24-21(17)28-13-14-5-7-15(8-6-14)22(25)26;/h1-11H,13H2,(H,25,26);/q;+1/p-1. The quantitative estimate of drug-likeness (QED) is 0.426. The molecule has 0 spiro atoms. The number of nitrogens with zero attached hydrogens (tertiary/aromatic N) is 2. The SMILES string of the molecule is N#Cc1c(-c2ccco2)cc(-c2cccs2)nc1OCc1ccc(C(=O)[O-])cc1.[Na+]. The molecule has 142 valence electrons. The molecule has 30 heavy (non-hydrogen) atoms. The number of thiophene rings is 1. The molecule has 8 heteroatoms. The van der Waals surface area contributed by atoms with E-state index < -0.39 is 5.97 Å². The largest absolute Gasteiger partial charge is 1.00 e. The van der Waals surface area contributed by atoms with Crippen LogP contribution in [0.4, 0.5) is 0 Å². The summed E-state index contributed by atoms with van der Waals surface area (Å²) in [5.74, 6) is -0.503. The summed E-state index contributed by atoms with van der Waals surface area (Å²) in [4.78, 5) is 16.4. The number of aromatic carboxylic acids is 1.